The number of anilines is 1. The van der Waals surface area contributed by atoms with Crippen LogP contribution in [0.4, 0.5) is 10.5 Å². The smallest absolute Gasteiger partial charge is 0.319 e. The van der Waals surface area contributed by atoms with Crippen molar-refractivity contribution in [2.45, 2.75) is 25.8 Å². The van der Waals surface area contributed by atoms with Crippen LogP contribution in [-0.2, 0) is 0 Å². The third-order valence-electron chi connectivity index (χ3n) is 3.02. The number of carbonyl (C=O) groups excluding carboxylic acids is 2. The van der Waals surface area contributed by atoms with E-state index in [1.165, 1.54) is 12.7 Å². The fourth-order valence-corrected chi connectivity index (χ4v) is 3.10. The van der Waals surface area contributed by atoms with Gasteiger partial charge in [-0.2, -0.15) is 11.8 Å². The van der Waals surface area contributed by atoms with E-state index in [1.54, 1.807) is 24.3 Å². The summed E-state index contributed by atoms with van der Waals surface area (Å²) in [4.78, 5) is 23.1. The molecule has 1 unspecified atom stereocenters. The van der Waals surface area contributed by atoms with Crippen LogP contribution >= 0.6 is 11.8 Å². The molecule has 2 rings (SSSR count). The van der Waals surface area contributed by atoms with E-state index < -0.39 is 0 Å². The second kappa shape index (κ2) is 6.61. The minimum absolute atomic E-state index is 0.00672. The number of Topliss-reactive ketones (excluding diaryl/α,β-unsaturated/α-hetero) is 1. The molecular weight excluding hydrogens is 260 g/mol. The quantitative estimate of drug-likeness (QED) is 0.836. The monoisotopic (exact) mass is 278 g/mol. The molecule has 0 spiro atoms. The summed E-state index contributed by atoms with van der Waals surface area (Å²) in [6.07, 6.45) is 2.18. The lowest BCUT2D eigenvalue weighted by molar-refractivity contribution is 0.101. The lowest BCUT2D eigenvalue weighted by atomic mass is 10.1. The fraction of sp³-hybridized carbons (Fsp3) is 0.429. The topological polar surface area (TPSA) is 58.2 Å². The van der Waals surface area contributed by atoms with Gasteiger partial charge in [-0.25, -0.2) is 4.79 Å². The Balaban J connectivity index is 1.90. The highest BCUT2D eigenvalue weighted by Gasteiger charge is 2.15. The van der Waals surface area contributed by atoms with E-state index in [0.29, 0.717) is 11.3 Å². The van der Waals surface area contributed by atoms with Crippen LogP contribution in [0.15, 0.2) is 24.3 Å². The SMILES string of the molecule is CC(=O)c1cccc(NC(=O)NC2CCCSC2)c1. The molecule has 5 heteroatoms. The van der Waals surface area contributed by atoms with Crippen LogP contribution in [-0.4, -0.2) is 29.4 Å². The van der Waals surface area contributed by atoms with Crippen LogP contribution in [0, 0.1) is 0 Å². The van der Waals surface area contributed by atoms with Crippen LogP contribution in [0.5, 0.6) is 0 Å². The Bertz CT molecular complexity index is 470. The summed E-state index contributed by atoms with van der Waals surface area (Å²) in [7, 11) is 0. The number of hydrogen-bond acceptors (Lipinski definition) is 3. The van der Waals surface area contributed by atoms with Crippen molar-refractivity contribution in [3.8, 4) is 0 Å². The number of rotatable bonds is 3. The maximum Gasteiger partial charge on any atom is 0.319 e. The van der Waals surface area contributed by atoms with Crippen molar-refractivity contribution in [1.29, 1.82) is 0 Å². The molecule has 19 heavy (non-hydrogen) atoms. The molecular formula is C14H18N2O2S. The van der Waals surface area contributed by atoms with Crippen molar-refractivity contribution >= 4 is 29.3 Å². The summed E-state index contributed by atoms with van der Waals surface area (Å²) >= 11 is 1.87. The molecule has 0 radical (unpaired) electrons. The highest BCUT2D eigenvalue weighted by atomic mass is 32.2. The molecule has 1 aliphatic heterocycles. The van der Waals surface area contributed by atoms with E-state index in [9.17, 15) is 9.59 Å². The Labute approximate surface area is 117 Å². The summed E-state index contributed by atoms with van der Waals surface area (Å²) in [6.45, 7) is 1.51. The summed E-state index contributed by atoms with van der Waals surface area (Å²) in [5.41, 5.74) is 1.25. The van der Waals surface area contributed by atoms with Crippen molar-refractivity contribution in [2.24, 2.45) is 0 Å². The van der Waals surface area contributed by atoms with Gasteiger partial charge in [-0.1, -0.05) is 12.1 Å². The van der Waals surface area contributed by atoms with Crippen molar-refractivity contribution in [2.75, 3.05) is 16.8 Å². The van der Waals surface area contributed by atoms with Crippen molar-refractivity contribution in [1.82, 2.24) is 5.32 Å². The minimum atomic E-state index is -0.201. The average Bonchev–Trinajstić information content (AvgIpc) is 2.40. The molecule has 1 aromatic carbocycles. The highest BCUT2D eigenvalue weighted by molar-refractivity contribution is 7.99. The zero-order valence-electron chi connectivity index (χ0n) is 10.9. The first kappa shape index (κ1) is 13.9. The van der Waals surface area contributed by atoms with E-state index >= 15 is 0 Å². The maximum atomic E-state index is 11.8. The number of amides is 2. The molecule has 0 aliphatic carbocycles. The van der Waals surface area contributed by atoms with Gasteiger partial charge in [0.1, 0.15) is 0 Å². The van der Waals surface area contributed by atoms with Gasteiger partial charge in [-0.05, 0) is 37.7 Å². The second-order valence-electron chi connectivity index (χ2n) is 4.65. The van der Waals surface area contributed by atoms with Gasteiger partial charge in [0.25, 0.3) is 0 Å². The molecule has 1 atom stereocenters. The Kier molecular flexibility index (Phi) is 4.85. The average molecular weight is 278 g/mol. The van der Waals surface area contributed by atoms with Gasteiger partial charge in [-0.15, -0.1) is 0 Å². The summed E-state index contributed by atoms with van der Waals surface area (Å²) in [5, 5.41) is 5.73. The van der Waals surface area contributed by atoms with Crippen LogP contribution in [0.2, 0.25) is 0 Å². The summed E-state index contributed by atoms with van der Waals surface area (Å²) in [5.74, 6) is 2.15. The minimum Gasteiger partial charge on any atom is -0.334 e. The number of ketones is 1. The summed E-state index contributed by atoms with van der Waals surface area (Å²) < 4.78 is 0. The van der Waals surface area contributed by atoms with E-state index in [1.807, 2.05) is 11.8 Å². The highest BCUT2D eigenvalue weighted by Crippen LogP contribution is 2.17. The molecule has 1 aliphatic rings. The predicted molar refractivity (Wildman–Crippen MR) is 78.9 cm³/mol. The molecule has 0 bridgehead atoms. The third-order valence-corrected chi connectivity index (χ3v) is 4.24. The lowest BCUT2D eigenvalue weighted by Gasteiger charge is -2.22. The Hall–Kier alpha value is -1.49. The van der Waals surface area contributed by atoms with Gasteiger partial charge < -0.3 is 10.6 Å². The first-order valence-electron chi connectivity index (χ1n) is 6.41. The van der Waals surface area contributed by atoms with E-state index in [4.69, 9.17) is 0 Å². The van der Waals surface area contributed by atoms with E-state index in [2.05, 4.69) is 10.6 Å². The zero-order chi connectivity index (χ0) is 13.7. The Morgan fingerprint density at radius 2 is 2.21 bits per heavy atom. The number of urea groups is 1. The number of hydrogen-bond donors (Lipinski definition) is 2. The summed E-state index contributed by atoms with van der Waals surface area (Å²) in [6, 6.07) is 7.02. The van der Waals surface area contributed by atoms with E-state index in [0.717, 1.165) is 18.6 Å². The molecule has 1 fully saturated rings. The Morgan fingerprint density at radius 3 is 2.89 bits per heavy atom. The molecule has 4 nitrogen and oxygen atoms in total. The van der Waals surface area contributed by atoms with Crippen molar-refractivity contribution < 1.29 is 9.59 Å². The molecule has 0 aromatic heterocycles. The second-order valence-corrected chi connectivity index (χ2v) is 5.80. The van der Waals surface area contributed by atoms with Crippen molar-refractivity contribution in [3.63, 3.8) is 0 Å². The van der Waals surface area contributed by atoms with E-state index in [-0.39, 0.29) is 17.9 Å². The third kappa shape index (κ3) is 4.28. The molecule has 1 heterocycles. The number of nitrogens with one attached hydrogen (secondary N) is 2. The zero-order valence-corrected chi connectivity index (χ0v) is 11.8. The van der Waals surface area contributed by atoms with Crippen LogP contribution < -0.4 is 10.6 Å². The van der Waals surface area contributed by atoms with Crippen LogP contribution in [0.3, 0.4) is 0 Å². The molecule has 2 N–H and O–H groups in total. The molecule has 1 aromatic rings. The van der Waals surface area contributed by atoms with Crippen molar-refractivity contribution in [3.05, 3.63) is 29.8 Å². The molecule has 0 saturated carbocycles. The molecule has 1 saturated heterocycles. The maximum absolute atomic E-state index is 11.8. The Morgan fingerprint density at radius 1 is 1.37 bits per heavy atom. The van der Waals surface area contributed by atoms with Crippen LogP contribution in [0.25, 0.3) is 0 Å². The molecule has 102 valence electrons. The first-order valence-corrected chi connectivity index (χ1v) is 7.57. The number of carbonyl (C=O) groups is 2. The van der Waals surface area contributed by atoms with Gasteiger partial charge in [-0.3, -0.25) is 4.79 Å². The first-order chi connectivity index (χ1) is 9.15. The molecule has 2 amide bonds. The van der Waals surface area contributed by atoms with Gasteiger partial charge in [0.2, 0.25) is 0 Å². The van der Waals surface area contributed by atoms with Gasteiger partial charge >= 0.3 is 6.03 Å². The van der Waals surface area contributed by atoms with Gasteiger partial charge in [0.05, 0.1) is 0 Å². The standard InChI is InChI=1S/C14H18N2O2S/c1-10(17)11-4-2-5-12(8-11)15-14(18)16-13-6-3-7-19-9-13/h2,4-5,8,13H,3,6-7,9H2,1H3,(H2,15,16,18). The number of thioether (sulfide) groups is 1. The van der Waals surface area contributed by atoms with Crippen LogP contribution in [0.1, 0.15) is 30.1 Å². The van der Waals surface area contributed by atoms with Gasteiger partial charge in [0, 0.05) is 23.0 Å². The number of benzene rings is 1. The lowest BCUT2D eigenvalue weighted by Crippen LogP contribution is -2.40. The normalized spacial score (nSPS) is 18.7. The fourth-order valence-electron chi connectivity index (χ4n) is 2.02. The van der Waals surface area contributed by atoms with Gasteiger partial charge in [0.15, 0.2) is 5.78 Å². The largest absolute Gasteiger partial charge is 0.334 e. The predicted octanol–water partition coefficient (Wildman–Crippen LogP) is 2.91.